The first-order valence-electron chi connectivity index (χ1n) is 4.75. The van der Waals surface area contributed by atoms with E-state index in [0.717, 1.165) is 24.7 Å². The second-order valence-electron chi connectivity index (χ2n) is 4.06. The van der Waals surface area contributed by atoms with E-state index in [-0.39, 0.29) is 0 Å². The predicted molar refractivity (Wildman–Crippen MR) is 49.5 cm³/mol. The van der Waals surface area contributed by atoms with Crippen molar-refractivity contribution in [3.05, 3.63) is 18.0 Å². The molecule has 1 aromatic heterocycles. The summed E-state index contributed by atoms with van der Waals surface area (Å²) in [4.78, 5) is 10.4. The highest BCUT2D eigenvalue weighted by Gasteiger charge is 2.25. The third kappa shape index (κ3) is 1.79. The van der Waals surface area contributed by atoms with Crippen LogP contribution in [0, 0.1) is 11.8 Å². The highest BCUT2D eigenvalue weighted by Crippen LogP contribution is 2.33. The van der Waals surface area contributed by atoms with Crippen LogP contribution in [-0.2, 0) is 6.54 Å². The largest absolute Gasteiger partial charge is 0.298 e. The second kappa shape index (κ2) is 3.32. The minimum atomic E-state index is 0.673. The lowest BCUT2D eigenvalue weighted by atomic mass is 9.76. The molecular formula is C10H14N2O. The van der Waals surface area contributed by atoms with Crippen LogP contribution in [0.15, 0.2) is 12.4 Å². The van der Waals surface area contributed by atoms with Crippen molar-refractivity contribution in [2.75, 3.05) is 0 Å². The van der Waals surface area contributed by atoms with Gasteiger partial charge in [0.2, 0.25) is 0 Å². The van der Waals surface area contributed by atoms with Crippen molar-refractivity contribution in [2.45, 2.75) is 26.3 Å². The van der Waals surface area contributed by atoms with E-state index in [9.17, 15) is 4.79 Å². The van der Waals surface area contributed by atoms with Crippen molar-refractivity contribution in [1.82, 2.24) is 9.78 Å². The van der Waals surface area contributed by atoms with Gasteiger partial charge in [-0.25, -0.2) is 0 Å². The van der Waals surface area contributed by atoms with E-state index < -0.39 is 0 Å². The Balaban J connectivity index is 1.91. The smallest absolute Gasteiger partial charge is 0.153 e. The maximum absolute atomic E-state index is 10.4. The molecule has 0 aromatic carbocycles. The fourth-order valence-corrected chi connectivity index (χ4v) is 2.02. The van der Waals surface area contributed by atoms with Gasteiger partial charge < -0.3 is 0 Å². The second-order valence-corrected chi connectivity index (χ2v) is 4.06. The lowest BCUT2D eigenvalue weighted by molar-refractivity contribution is 0.112. The molecule has 0 atom stereocenters. The summed E-state index contributed by atoms with van der Waals surface area (Å²) in [6.45, 7) is 3.24. The minimum Gasteiger partial charge on any atom is -0.298 e. The quantitative estimate of drug-likeness (QED) is 0.661. The average molecular weight is 178 g/mol. The van der Waals surface area contributed by atoms with E-state index in [0.29, 0.717) is 5.56 Å². The highest BCUT2D eigenvalue weighted by atomic mass is 16.1. The third-order valence-electron chi connectivity index (χ3n) is 2.71. The van der Waals surface area contributed by atoms with Crippen LogP contribution in [0.1, 0.15) is 30.1 Å². The Morgan fingerprint density at radius 3 is 3.00 bits per heavy atom. The van der Waals surface area contributed by atoms with Gasteiger partial charge in [-0.15, -0.1) is 0 Å². The zero-order chi connectivity index (χ0) is 9.26. The molecule has 1 aliphatic rings. The van der Waals surface area contributed by atoms with Crippen molar-refractivity contribution in [1.29, 1.82) is 0 Å². The Morgan fingerprint density at radius 2 is 2.46 bits per heavy atom. The Morgan fingerprint density at radius 1 is 1.69 bits per heavy atom. The van der Waals surface area contributed by atoms with Gasteiger partial charge in [-0.2, -0.15) is 5.10 Å². The zero-order valence-corrected chi connectivity index (χ0v) is 7.81. The molecule has 0 aliphatic heterocycles. The van der Waals surface area contributed by atoms with Crippen molar-refractivity contribution in [3.8, 4) is 0 Å². The van der Waals surface area contributed by atoms with Crippen LogP contribution < -0.4 is 0 Å². The Kier molecular flexibility index (Phi) is 2.17. The first kappa shape index (κ1) is 8.48. The average Bonchev–Trinajstić information content (AvgIpc) is 2.50. The molecule has 2 rings (SSSR count). The van der Waals surface area contributed by atoms with Gasteiger partial charge >= 0.3 is 0 Å². The topological polar surface area (TPSA) is 34.9 Å². The number of nitrogens with zero attached hydrogens (tertiary/aromatic N) is 2. The van der Waals surface area contributed by atoms with Gasteiger partial charge in [-0.1, -0.05) is 6.92 Å². The molecule has 3 nitrogen and oxygen atoms in total. The minimum absolute atomic E-state index is 0.673. The molecular weight excluding hydrogens is 164 g/mol. The standard InChI is InChI=1S/C10H14N2O/c1-8-2-9(3-8)5-12-6-10(7-13)4-11-12/h4,6-9H,2-3,5H2,1H3. The van der Waals surface area contributed by atoms with Crippen LogP contribution in [0.25, 0.3) is 0 Å². The highest BCUT2D eigenvalue weighted by molar-refractivity contribution is 5.73. The summed E-state index contributed by atoms with van der Waals surface area (Å²) >= 11 is 0. The summed E-state index contributed by atoms with van der Waals surface area (Å²) in [5.41, 5.74) is 0.673. The molecule has 1 heterocycles. The van der Waals surface area contributed by atoms with Gasteiger partial charge in [-0.05, 0) is 24.7 Å². The molecule has 0 N–H and O–H groups in total. The molecule has 1 aromatic rings. The molecule has 0 spiro atoms. The van der Waals surface area contributed by atoms with E-state index in [1.165, 1.54) is 12.8 Å². The molecule has 1 fully saturated rings. The normalized spacial score (nSPS) is 26.8. The fourth-order valence-electron chi connectivity index (χ4n) is 2.02. The van der Waals surface area contributed by atoms with Crippen molar-refractivity contribution < 1.29 is 4.79 Å². The lowest BCUT2D eigenvalue weighted by Gasteiger charge is -2.32. The van der Waals surface area contributed by atoms with Crippen LogP contribution in [-0.4, -0.2) is 16.1 Å². The Labute approximate surface area is 77.7 Å². The van der Waals surface area contributed by atoms with Crippen molar-refractivity contribution >= 4 is 6.29 Å². The Bertz CT molecular complexity index is 300. The fraction of sp³-hybridized carbons (Fsp3) is 0.600. The van der Waals surface area contributed by atoms with E-state index in [2.05, 4.69) is 12.0 Å². The molecule has 3 heteroatoms. The first-order valence-corrected chi connectivity index (χ1v) is 4.75. The van der Waals surface area contributed by atoms with Gasteiger partial charge in [0.15, 0.2) is 6.29 Å². The van der Waals surface area contributed by atoms with E-state index in [1.54, 1.807) is 6.20 Å². The number of aromatic nitrogens is 2. The molecule has 0 amide bonds. The molecule has 1 saturated carbocycles. The van der Waals surface area contributed by atoms with Gasteiger partial charge in [0, 0.05) is 12.7 Å². The van der Waals surface area contributed by atoms with Gasteiger partial charge in [-0.3, -0.25) is 9.48 Å². The number of hydrogen-bond acceptors (Lipinski definition) is 2. The van der Waals surface area contributed by atoms with Gasteiger partial charge in [0.05, 0.1) is 11.8 Å². The van der Waals surface area contributed by atoms with Gasteiger partial charge in [0.25, 0.3) is 0 Å². The molecule has 70 valence electrons. The monoisotopic (exact) mass is 178 g/mol. The number of carbonyl (C=O) groups excluding carboxylic acids is 1. The molecule has 0 unspecified atom stereocenters. The van der Waals surface area contributed by atoms with Crippen LogP contribution in [0.5, 0.6) is 0 Å². The summed E-state index contributed by atoms with van der Waals surface area (Å²) < 4.78 is 1.88. The number of hydrogen-bond donors (Lipinski definition) is 0. The molecule has 13 heavy (non-hydrogen) atoms. The van der Waals surface area contributed by atoms with Crippen LogP contribution in [0.2, 0.25) is 0 Å². The maximum atomic E-state index is 10.4. The molecule has 0 bridgehead atoms. The maximum Gasteiger partial charge on any atom is 0.153 e. The van der Waals surface area contributed by atoms with E-state index >= 15 is 0 Å². The summed E-state index contributed by atoms with van der Waals surface area (Å²) in [6.07, 6.45) is 6.88. The number of carbonyl (C=O) groups is 1. The van der Waals surface area contributed by atoms with Crippen molar-refractivity contribution in [2.24, 2.45) is 11.8 Å². The summed E-state index contributed by atoms with van der Waals surface area (Å²) in [7, 11) is 0. The molecule has 0 radical (unpaired) electrons. The molecule has 0 saturated heterocycles. The summed E-state index contributed by atoms with van der Waals surface area (Å²) in [5, 5.41) is 4.12. The van der Waals surface area contributed by atoms with Crippen LogP contribution in [0.4, 0.5) is 0 Å². The zero-order valence-electron chi connectivity index (χ0n) is 7.81. The van der Waals surface area contributed by atoms with Crippen molar-refractivity contribution in [3.63, 3.8) is 0 Å². The molecule has 1 aliphatic carbocycles. The lowest BCUT2D eigenvalue weighted by Crippen LogP contribution is -2.25. The first-order chi connectivity index (χ1) is 6.28. The van der Waals surface area contributed by atoms with Gasteiger partial charge in [0.1, 0.15) is 0 Å². The number of rotatable bonds is 3. The van der Waals surface area contributed by atoms with Crippen LogP contribution in [0.3, 0.4) is 0 Å². The summed E-state index contributed by atoms with van der Waals surface area (Å²) in [5.74, 6) is 1.65. The Hall–Kier alpha value is -1.12. The summed E-state index contributed by atoms with van der Waals surface area (Å²) in [6, 6.07) is 0. The third-order valence-corrected chi connectivity index (χ3v) is 2.71. The van der Waals surface area contributed by atoms with Crippen LogP contribution >= 0.6 is 0 Å². The van der Waals surface area contributed by atoms with E-state index in [4.69, 9.17) is 0 Å². The number of aldehydes is 1. The predicted octanol–water partition coefficient (Wildman–Crippen LogP) is 1.74. The SMILES string of the molecule is CC1CC(Cn2cc(C=O)cn2)C1. The van der Waals surface area contributed by atoms with E-state index in [1.807, 2.05) is 10.9 Å².